The number of hydrogen-bond donors (Lipinski definition) is 1. The summed E-state index contributed by atoms with van der Waals surface area (Å²) in [6.45, 7) is 9.46. The Morgan fingerprint density at radius 2 is 2.15 bits per heavy atom. The van der Waals surface area contributed by atoms with Crippen LogP contribution in [0.5, 0.6) is 0 Å². The maximum absolute atomic E-state index is 5.40. The highest BCUT2D eigenvalue weighted by atomic mass is 16.5. The van der Waals surface area contributed by atoms with E-state index in [1.165, 1.54) is 32.2 Å². The van der Waals surface area contributed by atoms with Gasteiger partial charge in [-0.2, -0.15) is 4.98 Å². The van der Waals surface area contributed by atoms with Gasteiger partial charge in [0.15, 0.2) is 5.82 Å². The minimum absolute atomic E-state index is 0.0668. The van der Waals surface area contributed by atoms with Crippen molar-refractivity contribution in [2.75, 3.05) is 13.1 Å². The highest BCUT2D eigenvalue weighted by molar-refractivity contribution is 5.00. The molecule has 20 heavy (non-hydrogen) atoms. The van der Waals surface area contributed by atoms with Crippen molar-refractivity contribution in [3.63, 3.8) is 0 Å². The fourth-order valence-corrected chi connectivity index (χ4v) is 3.35. The van der Waals surface area contributed by atoms with E-state index in [0.29, 0.717) is 12.1 Å². The van der Waals surface area contributed by atoms with Crippen LogP contribution in [0.4, 0.5) is 0 Å². The Morgan fingerprint density at radius 3 is 2.80 bits per heavy atom. The van der Waals surface area contributed by atoms with Crippen LogP contribution in [-0.4, -0.2) is 40.2 Å². The third-order valence-corrected chi connectivity index (χ3v) is 4.43. The molecule has 0 saturated carbocycles. The molecule has 5 nitrogen and oxygen atoms in total. The van der Waals surface area contributed by atoms with Crippen molar-refractivity contribution in [3.05, 3.63) is 11.7 Å². The van der Waals surface area contributed by atoms with Crippen LogP contribution in [0.1, 0.15) is 58.2 Å². The van der Waals surface area contributed by atoms with Crippen LogP contribution < -0.4 is 5.32 Å². The number of likely N-dealkylation sites (tertiary alicyclic amines) is 1. The van der Waals surface area contributed by atoms with E-state index in [-0.39, 0.29) is 5.41 Å². The van der Waals surface area contributed by atoms with E-state index in [0.717, 1.165) is 24.8 Å². The van der Waals surface area contributed by atoms with Gasteiger partial charge in [-0.25, -0.2) is 0 Å². The van der Waals surface area contributed by atoms with Gasteiger partial charge >= 0.3 is 0 Å². The van der Waals surface area contributed by atoms with Gasteiger partial charge in [0.1, 0.15) is 0 Å². The molecule has 2 fully saturated rings. The summed E-state index contributed by atoms with van der Waals surface area (Å²) in [5.41, 5.74) is -0.0668. The minimum atomic E-state index is -0.0668. The summed E-state index contributed by atoms with van der Waals surface area (Å²) in [6.07, 6.45) is 5.19. The van der Waals surface area contributed by atoms with Crippen molar-refractivity contribution in [2.24, 2.45) is 0 Å². The second-order valence-corrected chi connectivity index (χ2v) is 7.15. The van der Waals surface area contributed by atoms with Crippen molar-refractivity contribution >= 4 is 0 Å². The molecular formula is C15H26N4O. The average molecular weight is 278 g/mol. The molecule has 3 rings (SSSR count). The summed E-state index contributed by atoms with van der Waals surface area (Å²) in [5, 5.41) is 7.80. The Balaban J connectivity index is 1.65. The van der Waals surface area contributed by atoms with E-state index in [2.05, 4.69) is 41.1 Å². The lowest BCUT2D eigenvalue weighted by Gasteiger charge is -2.28. The molecule has 112 valence electrons. The number of aromatic nitrogens is 2. The Morgan fingerprint density at radius 1 is 1.30 bits per heavy atom. The third-order valence-electron chi connectivity index (χ3n) is 4.43. The van der Waals surface area contributed by atoms with Crippen molar-refractivity contribution in [1.29, 1.82) is 0 Å². The van der Waals surface area contributed by atoms with Crippen LogP contribution in [0.2, 0.25) is 0 Å². The van der Waals surface area contributed by atoms with Crippen LogP contribution in [0.15, 0.2) is 4.52 Å². The molecule has 1 N–H and O–H groups in total. The van der Waals surface area contributed by atoms with Crippen LogP contribution in [0.3, 0.4) is 0 Å². The molecule has 0 aliphatic carbocycles. The average Bonchev–Trinajstić information content (AvgIpc) is 3.08. The smallest absolute Gasteiger partial charge is 0.232 e. The molecular weight excluding hydrogens is 252 g/mol. The molecule has 1 aromatic rings. The van der Waals surface area contributed by atoms with Crippen molar-refractivity contribution in [1.82, 2.24) is 20.4 Å². The summed E-state index contributed by atoms with van der Waals surface area (Å²) in [7, 11) is 0. The molecule has 3 heterocycles. The first-order chi connectivity index (χ1) is 9.54. The van der Waals surface area contributed by atoms with Crippen LogP contribution in [0, 0.1) is 0 Å². The highest BCUT2D eigenvalue weighted by Gasteiger charge is 2.34. The molecule has 5 heteroatoms. The SMILES string of the molecule is CC(C)(C)c1nc(CN2CCCC2C2CCCN2)no1. The summed E-state index contributed by atoms with van der Waals surface area (Å²) >= 11 is 0. The standard InChI is InChI=1S/C15H26N4O/c1-15(2,3)14-17-13(18-20-14)10-19-9-5-7-12(19)11-6-4-8-16-11/h11-12,16H,4-10H2,1-3H3. The summed E-state index contributed by atoms with van der Waals surface area (Å²) in [5.74, 6) is 1.57. The fraction of sp³-hybridized carbons (Fsp3) is 0.867. The predicted octanol–water partition coefficient (Wildman–Crippen LogP) is 2.08. The monoisotopic (exact) mass is 278 g/mol. The van der Waals surface area contributed by atoms with E-state index < -0.39 is 0 Å². The first-order valence-electron chi connectivity index (χ1n) is 7.84. The first-order valence-corrected chi connectivity index (χ1v) is 7.84. The molecule has 2 aliphatic heterocycles. The Bertz CT molecular complexity index is 445. The molecule has 2 saturated heterocycles. The van der Waals surface area contributed by atoms with Gasteiger partial charge in [0, 0.05) is 17.5 Å². The molecule has 2 unspecified atom stereocenters. The lowest BCUT2D eigenvalue weighted by molar-refractivity contribution is 0.199. The van der Waals surface area contributed by atoms with Crippen molar-refractivity contribution < 1.29 is 4.52 Å². The first kappa shape index (κ1) is 14.0. The summed E-state index contributed by atoms with van der Waals surface area (Å²) < 4.78 is 5.40. The van der Waals surface area contributed by atoms with Crippen molar-refractivity contribution in [2.45, 2.75) is 70.5 Å². The number of hydrogen-bond acceptors (Lipinski definition) is 5. The van der Waals surface area contributed by atoms with Crippen molar-refractivity contribution in [3.8, 4) is 0 Å². The third kappa shape index (κ3) is 2.88. The molecule has 0 amide bonds. The van der Waals surface area contributed by atoms with Gasteiger partial charge in [-0.05, 0) is 38.8 Å². The normalized spacial score (nSPS) is 28.4. The second-order valence-electron chi connectivity index (χ2n) is 7.15. The zero-order valence-electron chi connectivity index (χ0n) is 12.9. The lowest BCUT2D eigenvalue weighted by atomic mass is 9.97. The summed E-state index contributed by atoms with van der Waals surface area (Å²) in [4.78, 5) is 7.09. The van der Waals surface area contributed by atoms with Gasteiger partial charge in [-0.3, -0.25) is 4.90 Å². The number of nitrogens with one attached hydrogen (secondary N) is 1. The van der Waals surface area contributed by atoms with Crippen LogP contribution in [0.25, 0.3) is 0 Å². The molecule has 0 radical (unpaired) electrons. The van der Waals surface area contributed by atoms with E-state index in [4.69, 9.17) is 4.52 Å². The van der Waals surface area contributed by atoms with Gasteiger partial charge in [0.05, 0.1) is 6.54 Å². The van der Waals surface area contributed by atoms with Gasteiger partial charge in [-0.15, -0.1) is 0 Å². The molecule has 0 spiro atoms. The molecule has 0 bridgehead atoms. The lowest BCUT2D eigenvalue weighted by Crippen LogP contribution is -2.43. The number of nitrogens with zero attached hydrogens (tertiary/aromatic N) is 3. The second kappa shape index (κ2) is 5.45. The van der Waals surface area contributed by atoms with Gasteiger partial charge < -0.3 is 9.84 Å². The zero-order chi connectivity index (χ0) is 14.2. The molecule has 1 aromatic heterocycles. The largest absolute Gasteiger partial charge is 0.339 e. The van der Waals surface area contributed by atoms with Gasteiger partial charge in [0.2, 0.25) is 5.89 Å². The maximum atomic E-state index is 5.40. The highest BCUT2D eigenvalue weighted by Crippen LogP contribution is 2.26. The minimum Gasteiger partial charge on any atom is -0.339 e. The topological polar surface area (TPSA) is 54.2 Å². The van der Waals surface area contributed by atoms with Crippen LogP contribution >= 0.6 is 0 Å². The van der Waals surface area contributed by atoms with Gasteiger partial charge in [0.25, 0.3) is 0 Å². The number of rotatable bonds is 3. The van der Waals surface area contributed by atoms with Gasteiger partial charge in [-0.1, -0.05) is 25.9 Å². The van der Waals surface area contributed by atoms with Crippen LogP contribution in [-0.2, 0) is 12.0 Å². The Labute approximate surface area is 121 Å². The molecule has 2 atom stereocenters. The maximum Gasteiger partial charge on any atom is 0.232 e. The van der Waals surface area contributed by atoms with E-state index in [9.17, 15) is 0 Å². The van der Waals surface area contributed by atoms with E-state index in [1.54, 1.807) is 0 Å². The summed E-state index contributed by atoms with van der Waals surface area (Å²) in [6, 6.07) is 1.31. The fourth-order valence-electron chi connectivity index (χ4n) is 3.35. The Hall–Kier alpha value is -0.940. The van der Waals surface area contributed by atoms with E-state index in [1.807, 2.05) is 0 Å². The molecule has 2 aliphatic rings. The van der Waals surface area contributed by atoms with E-state index >= 15 is 0 Å². The Kier molecular flexibility index (Phi) is 3.82. The molecule has 0 aromatic carbocycles. The predicted molar refractivity (Wildman–Crippen MR) is 77.5 cm³/mol. The zero-order valence-corrected chi connectivity index (χ0v) is 12.9. The quantitative estimate of drug-likeness (QED) is 0.917.